The van der Waals surface area contributed by atoms with Crippen molar-refractivity contribution < 1.29 is 0 Å². The number of nitrogens with one attached hydrogen (secondary N) is 1. The van der Waals surface area contributed by atoms with Crippen molar-refractivity contribution in [2.24, 2.45) is 0 Å². The second-order valence-electron chi connectivity index (χ2n) is 5.54. The highest BCUT2D eigenvalue weighted by Crippen LogP contribution is 2.25. The molecule has 0 amide bonds. The summed E-state index contributed by atoms with van der Waals surface area (Å²) >= 11 is 3.59. The normalized spacial score (nSPS) is 12.4. The molecule has 0 spiro atoms. The molecule has 0 bridgehead atoms. The minimum Gasteiger partial charge on any atom is -0.313 e. The van der Waals surface area contributed by atoms with Crippen molar-refractivity contribution >= 4 is 15.9 Å². The van der Waals surface area contributed by atoms with E-state index in [1.54, 1.807) is 0 Å². The van der Waals surface area contributed by atoms with Crippen LogP contribution in [0.5, 0.6) is 0 Å². The third-order valence-electron chi connectivity index (χ3n) is 3.74. The van der Waals surface area contributed by atoms with Crippen LogP contribution in [0.1, 0.15) is 33.9 Å². The Kier molecular flexibility index (Phi) is 5.00. The first-order valence-corrected chi connectivity index (χ1v) is 7.79. The van der Waals surface area contributed by atoms with Gasteiger partial charge >= 0.3 is 0 Å². The molecule has 0 radical (unpaired) electrons. The molecule has 0 heterocycles. The zero-order valence-corrected chi connectivity index (χ0v) is 14.2. The molecule has 1 N–H and O–H groups in total. The van der Waals surface area contributed by atoms with Gasteiger partial charge in [0.05, 0.1) is 0 Å². The highest BCUT2D eigenvalue weighted by Gasteiger charge is 2.12. The van der Waals surface area contributed by atoms with E-state index in [4.69, 9.17) is 0 Å². The maximum absolute atomic E-state index is 3.59. The van der Waals surface area contributed by atoms with Crippen LogP contribution in [0.2, 0.25) is 0 Å². The Labute approximate surface area is 130 Å². The number of hydrogen-bond acceptors (Lipinski definition) is 1. The average Bonchev–Trinajstić information content (AvgIpc) is 2.38. The Morgan fingerprint density at radius 3 is 2.40 bits per heavy atom. The van der Waals surface area contributed by atoms with E-state index in [0.717, 1.165) is 10.9 Å². The van der Waals surface area contributed by atoms with Gasteiger partial charge in [0.2, 0.25) is 0 Å². The topological polar surface area (TPSA) is 12.0 Å². The maximum atomic E-state index is 3.59. The molecule has 0 aromatic heterocycles. The fraction of sp³-hybridized carbons (Fsp3) is 0.333. The molecule has 1 unspecified atom stereocenters. The molecule has 0 saturated heterocycles. The van der Waals surface area contributed by atoms with Crippen LogP contribution >= 0.6 is 15.9 Å². The van der Waals surface area contributed by atoms with Crippen LogP contribution in [0.15, 0.2) is 40.9 Å². The molecule has 0 aliphatic heterocycles. The quantitative estimate of drug-likeness (QED) is 0.842. The molecular formula is C18H22BrN. The second kappa shape index (κ2) is 6.55. The highest BCUT2D eigenvalue weighted by molar-refractivity contribution is 9.10. The number of likely N-dealkylation sites (N-methyl/N-ethyl adjacent to an activating group) is 1. The van der Waals surface area contributed by atoms with E-state index in [2.05, 4.69) is 78.4 Å². The van der Waals surface area contributed by atoms with Crippen LogP contribution in [0.25, 0.3) is 0 Å². The molecule has 106 valence electrons. The number of benzene rings is 2. The lowest BCUT2D eigenvalue weighted by atomic mass is 9.94. The molecule has 2 aromatic rings. The molecule has 2 aromatic carbocycles. The van der Waals surface area contributed by atoms with Gasteiger partial charge in [0.1, 0.15) is 0 Å². The van der Waals surface area contributed by atoms with E-state index < -0.39 is 0 Å². The van der Waals surface area contributed by atoms with Crippen LogP contribution in [-0.4, -0.2) is 7.05 Å². The molecule has 0 aliphatic carbocycles. The third-order valence-corrected chi connectivity index (χ3v) is 4.20. The molecule has 0 aliphatic rings. The molecule has 1 nitrogen and oxygen atoms in total. The summed E-state index contributed by atoms with van der Waals surface area (Å²) in [6.45, 7) is 6.48. The molecule has 0 fully saturated rings. The van der Waals surface area contributed by atoms with Gasteiger partial charge in [0.15, 0.2) is 0 Å². The van der Waals surface area contributed by atoms with Crippen LogP contribution < -0.4 is 5.32 Å². The van der Waals surface area contributed by atoms with E-state index in [1.807, 2.05) is 7.05 Å². The number of halogens is 1. The first-order valence-electron chi connectivity index (χ1n) is 7.00. The summed E-state index contributed by atoms with van der Waals surface area (Å²) in [5.41, 5.74) is 6.73. The van der Waals surface area contributed by atoms with Gasteiger partial charge in [0.25, 0.3) is 0 Å². The molecule has 2 rings (SSSR count). The monoisotopic (exact) mass is 331 g/mol. The Bertz CT molecular complexity index is 584. The Morgan fingerprint density at radius 1 is 1.00 bits per heavy atom. The SMILES string of the molecule is CNC(Cc1cc(C)ccc1C)c1cc(C)cc(Br)c1. The van der Waals surface area contributed by atoms with Crippen molar-refractivity contribution in [2.75, 3.05) is 7.05 Å². The number of aryl methyl sites for hydroxylation is 3. The Balaban J connectivity index is 2.30. The summed E-state index contributed by atoms with van der Waals surface area (Å²) in [4.78, 5) is 0. The summed E-state index contributed by atoms with van der Waals surface area (Å²) in [5.74, 6) is 0. The van der Waals surface area contributed by atoms with E-state index in [-0.39, 0.29) is 0 Å². The largest absolute Gasteiger partial charge is 0.313 e. The lowest BCUT2D eigenvalue weighted by molar-refractivity contribution is 0.590. The Hall–Kier alpha value is -1.12. The van der Waals surface area contributed by atoms with Crippen molar-refractivity contribution in [3.8, 4) is 0 Å². The molecule has 2 heteroatoms. The predicted molar refractivity (Wildman–Crippen MR) is 90.3 cm³/mol. The van der Waals surface area contributed by atoms with Gasteiger partial charge < -0.3 is 5.32 Å². The van der Waals surface area contributed by atoms with Crippen molar-refractivity contribution in [3.05, 3.63) is 68.7 Å². The average molecular weight is 332 g/mol. The first kappa shape index (κ1) is 15.3. The molecule has 20 heavy (non-hydrogen) atoms. The molecule has 0 saturated carbocycles. The van der Waals surface area contributed by atoms with E-state index in [9.17, 15) is 0 Å². The summed E-state index contributed by atoms with van der Waals surface area (Å²) < 4.78 is 1.15. The summed E-state index contributed by atoms with van der Waals surface area (Å²) in [5, 5.41) is 3.45. The Morgan fingerprint density at radius 2 is 1.75 bits per heavy atom. The van der Waals surface area contributed by atoms with Crippen LogP contribution in [-0.2, 0) is 6.42 Å². The van der Waals surface area contributed by atoms with Crippen molar-refractivity contribution in [1.82, 2.24) is 5.32 Å². The molecule has 1 atom stereocenters. The van der Waals surface area contributed by atoms with Crippen molar-refractivity contribution in [3.63, 3.8) is 0 Å². The minimum atomic E-state index is 0.340. The minimum absolute atomic E-state index is 0.340. The van der Waals surface area contributed by atoms with E-state index in [0.29, 0.717) is 6.04 Å². The van der Waals surface area contributed by atoms with Crippen LogP contribution in [0.4, 0.5) is 0 Å². The van der Waals surface area contributed by atoms with Gasteiger partial charge in [-0.25, -0.2) is 0 Å². The van der Waals surface area contributed by atoms with E-state index in [1.165, 1.54) is 27.8 Å². The van der Waals surface area contributed by atoms with Gasteiger partial charge in [-0.2, -0.15) is 0 Å². The fourth-order valence-corrected chi connectivity index (χ4v) is 3.22. The van der Waals surface area contributed by atoms with Crippen molar-refractivity contribution in [1.29, 1.82) is 0 Å². The maximum Gasteiger partial charge on any atom is 0.0358 e. The smallest absolute Gasteiger partial charge is 0.0358 e. The second-order valence-corrected chi connectivity index (χ2v) is 6.45. The predicted octanol–water partition coefficient (Wildman–Crippen LogP) is 4.88. The number of rotatable bonds is 4. The summed E-state index contributed by atoms with van der Waals surface area (Å²) in [6.07, 6.45) is 1.01. The summed E-state index contributed by atoms with van der Waals surface area (Å²) in [7, 11) is 2.03. The zero-order valence-electron chi connectivity index (χ0n) is 12.6. The van der Waals surface area contributed by atoms with Gasteiger partial charge in [-0.05, 0) is 68.6 Å². The third kappa shape index (κ3) is 3.71. The van der Waals surface area contributed by atoms with Crippen molar-refractivity contribution in [2.45, 2.75) is 33.2 Å². The van der Waals surface area contributed by atoms with Gasteiger partial charge in [0, 0.05) is 10.5 Å². The van der Waals surface area contributed by atoms with E-state index >= 15 is 0 Å². The van der Waals surface area contributed by atoms with Crippen LogP contribution in [0.3, 0.4) is 0 Å². The van der Waals surface area contributed by atoms with Gasteiger partial charge in [-0.15, -0.1) is 0 Å². The van der Waals surface area contributed by atoms with Gasteiger partial charge in [-0.3, -0.25) is 0 Å². The standard InChI is InChI=1S/C18H22BrN/c1-12-5-6-14(3)15(7-12)11-18(20-4)16-8-13(2)9-17(19)10-16/h5-10,18,20H,11H2,1-4H3. The fourth-order valence-electron chi connectivity index (χ4n) is 2.59. The lowest BCUT2D eigenvalue weighted by Crippen LogP contribution is -2.19. The lowest BCUT2D eigenvalue weighted by Gasteiger charge is -2.19. The summed E-state index contributed by atoms with van der Waals surface area (Å²) in [6, 6.07) is 13.6. The first-order chi connectivity index (χ1) is 9.49. The zero-order chi connectivity index (χ0) is 14.7. The van der Waals surface area contributed by atoms with Gasteiger partial charge in [-0.1, -0.05) is 45.8 Å². The van der Waals surface area contributed by atoms with Crippen LogP contribution in [0, 0.1) is 20.8 Å². The molecular weight excluding hydrogens is 310 g/mol. The number of hydrogen-bond donors (Lipinski definition) is 1. The highest BCUT2D eigenvalue weighted by atomic mass is 79.9.